The van der Waals surface area contributed by atoms with E-state index in [4.69, 9.17) is 5.11 Å². The number of carboxylic acid groups (broad SMARTS) is 1. The smallest absolute Gasteiger partial charge is 0.326 e. The Bertz CT molecular complexity index is 263. The lowest BCUT2D eigenvalue weighted by Gasteiger charge is -2.38. The Morgan fingerprint density at radius 2 is 2.00 bits per heavy atom. The van der Waals surface area contributed by atoms with Crippen molar-refractivity contribution in [1.82, 2.24) is 4.90 Å². The average molecular weight is 213 g/mol. The number of likely N-dealkylation sites (tertiary alicyclic amines) is 1. The number of carbonyl (C=O) groups is 2. The first-order valence-electron chi connectivity index (χ1n) is 5.48. The van der Waals surface area contributed by atoms with Crippen LogP contribution in [0.5, 0.6) is 0 Å². The minimum Gasteiger partial charge on any atom is -0.480 e. The van der Waals surface area contributed by atoms with Gasteiger partial charge in [0.15, 0.2) is 0 Å². The molecule has 86 valence electrons. The van der Waals surface area contributed by atoms with Crippen LogP contribution in [0.1, 0.15) is 33.6 Å². The normalized spacial score (nSPS) is 26.8. The molecule has 0 bridgehead atoms. The molecule has 0 aromatic rings. The van der Waals surface area contributed by atoms with Gasteiger partial charge < -0.3 is 10.0 Å². The number of carbonyl (C=O) groups excluding carboxylic acids is 1. The van der Waals surface area contributed by atoms with Gasteiger partial charge in [0.05, 0.1) is 0 Å². The predicted molar refractivity (Wildman–Crippen MR) is 56.4 cm³/mol. The minimum absolute atomic E-state index is 0.0473. The Morgan fingerprint density at radius 1 is 1.40 bits per heavy atom. The summed E-state index contributed by atoms with van der Waals surface area (Å²) in [4.78, 5) is 24.5. The number of hydrogen-bond acceptors (Lipinski definition) is 2. The summed E-state index contributed by atoms with van der Waals surface area (Å²) < 4.78 is 0. The molecule has 0 spiro atoms. The highest BCUT2D eigenvalue weighted by molar-refractivity contribution is 5.85. The van der Waals surface area contributed by atoms with Crippen molar-refractivity contribution >= 4 is 11.9 Å². The lowest BCUT2D eigenvalue weighted by atomic mass is 9.90. The van der Waals surface area contributed by atoms with E-state index in [0.29, 0.717) is 6.54 Å². The Labute approximate surface area is 90.3 Å². The number of hydrogen-bond donors (Lipinski definition) is 1. The van der Waals surface area contributed by atoms with E-state index in [1.807, 2.05) is 6.92 Å². The molecular formula is C11H19NO3. The molecule has 0 radical (unpaired) electrons. The Kier molecular flexibility index (Phi) is 3.72. The Morgan fingerprint density at radius 3 is 2.47 bits per heavy atom. The van der Waals surface area contributed by atoms with E-state index in [0.717, 1.165) is 12.8 Å². The molecule has 1 N–H and O–H groups in total. The number of piperidine rings is 1. The lowest BCUT2D eigenvalue weighted by Crippen LogP contribution is -2.53. The standard InChI is InChI=1S/C11H19NO3/c1-7(2)10(13)12-6-4-5-8(3)9(12)11(14)15/h7-9H,4-6H2,1-3H3,(H,14,15). The summed E-state index contributed by atoms with van der Waals surface area (Å²) in [6.07, 6.45) is 1.79. The van der Waals surface area contributed by atoms with E-state index in [2.05, 4.69) is 0 Å². The first-order chi connectivity index (χ1) is 6.95. The van der Waals surface area contributed by atoms with Gasteiger partial charge in [0, 0.05) is 12.5 Å². The van der Waals surface area contributed by atoms with Gasteiger partial charge in [0.25, 0.3) is 0 Å². The van der Waals surface area contributed by atoms with Crippen LogP contribution in [0.15, 0.2) is 0 Å². The topological polar surface area (TPSA) is 57.6 Å². The summed E-state index contributed by atoms with van der Waals surface area (Å²) in [5.41, 5.74) is 0. The van der Waals surface area contributed by atoms with Crippen LogP contribution in [-0.2, 0) is 9.59 Å². The van der Waals surface area contributed by atoms with Crippen molar-refractivity contribution in [2.24, 2.45) is 11.8 Å². The van der Waals surface area contributed by atoms with Crippen LogP contribution in [0, 0.1) is 11.8 Å². The number of aliphatic carboxylic acids is 1. The van der Waals surface area contributed by atoms with Gasteiger partial charge in [-0.3, -0.25) is 4.79 Å². The Balaban J connectivity index is 2.84. The minimum atomic E-state index is -0.879. The van der Waals surface area contributed by atoms with Crippen LogP contribution in [0.2, 0.25) is 0 Å². The van der Waals surface area contributed by atoms with Gasteiger partial charge in [-0.15, -0.1) is 0 Å². The monoisotopic (exact) mass is 213 g/mol. The van der Waals surface area contributed by atoms with E-state index in [9.17, 15) is 9.59 Å². The maximum atomic E-state index is 11.8. The predicted octanol–water partition coefficient (Wildman–Crippen LogP) is 1.35. The third-order valence-electron chi connectivity index (χ3n) is 2.96. The summed E-state index contributed by atoms with van der Waals surface area (Å²) in [6, 6.07) is -0.631. The summed E-state index contributed by atoms with van der Waals surface area (Å²) in [5, 5.41) is 9.12. The molecule has 0 aromatic carbocycles. The van der Waals surface area contributed by atoms with Crippen molar-refractivity contribution in [2.75, 3.05) is 6.54 Å². The van der Waals surface area contributed by atoms with Gasteiger partial charge in [0.1, 0.15) is 6.04 Å². The molecule has 1 aliphatic rings. The van der Waals surface area contributed by atoms with Crippen molar-refractivity contribution in [3.63, 3.8) is 0 Å². The van der Waals surface area contributed by atoms with Crippen LogP contribution in [0.25, 0.3) is 0 Å². The SMILES string of the molecule is CC(C)C(=O)N1CCCC(C)C1C(=O)O. The second-order valence-corrected chi connectivity index (χ2v) is 4.59. The number of nitrogens with zero attached hydrogens (tertiary/aromatic N) is 1. The van der Waals surface area contributed by atoms with Gasteiger partial charge in [-0.25, -0.2) is 4.79 Å². The molecule has 1 saturated heterocycles. The van der Waals surface area contributed by atoms with Crippen molar-refractivity contribution in [2.45, 2.75) is 39.7 Å². The summed E-state index contributed by atoms with van der Waals surface area (Å²) in [6.45, 7) is 6.10. The second-order valence-electron chi connectivity index (χ2n) is 4.59. The molecule has 0 aromatic heterocycles. The van der Waals surface area contributed by atoms with Gasteiger partial charge >= 0.3 is 5.97 Å². The van der Waals surface area contributed by atoms with E-state index >= 15 is 0 Å². The van der Waals surface area contributed by atoms with E-state index in [1.165, 1.54) is 4.90 Å². The van der Waals surface area contributed by atoms with Gasteiger partial charge in [-0.05, 0) is 18.8 Å². The zero-order chi connectivity index (χ0) is 11.6. The largest absolute Gasteiger partial charge is 0.480 e. The fourth-order valence-electron chi connectivity index (χ4n) is 2.14. The van der Waals surface area contributed by atoms with E-state index < -0.39 is 12.0 Å². The molecule has 1 amide bonds. The molecular weight excluding hydrogens is 194 g/mol. The molecule has 1 heterocycles. The first-order valence-corrected chi connectivity index (χ1v) is 5.48. The van der Waals surface area contributed by atoms with Crippen LogP contribution in [0.4, 0.5) is 0 Å². The van der Waals surface area contributed by atoms with Crippen LogP contribution >= 0.6 is 0 Å². The average Bonchev–Trinajstić information content (AvgIpc) is 2.15. The highest BCUT2D eigenvalue weighted by Crippen LogP contribution is 2.24. The van der Waals surface area contributed by atoms with Crippen molar-refractivity contribution in [3.05, 3.63) is 0 Å². The molecule has 4 heteroatoms. The summed E-state index contributed by atoms with van der Waals surface area (Å²) >= 11 is 0. The second kappa shape index (κ2) is 4.64. The molecule has 2 unspecified atom stereocenters. The third-order valence-corrected chi connectivity index (χ3v) is 2.96. The quantitative estimate of drug-likeness (QED) is 0.753. The molecule has 1 fully saturated rings. The molecule has 1 rings (SSSR count). The van der Waals surface area contributed by atoms with Crippen LogP contribution in [-0.4, -0.2) is 34.5 Å². The molecule has 4 nitrogen and oxygen atoms in total. The number of amides is 1. The molecule has 0 aliphatic carbocycles. The van der Waals surface area contributed by atoms with Gasteiger partial charge in [-0.2, -0.15) is 0 Å². The maximum absolute atomic E-state index is 11.8. The zero-order valence-electron chi connectivity index (χ0n) is 9.56. The highest BCUT2D eigenvalue weighted by Gasteiger charge is 2.37. The number of carboxylic acids is 1. The van der Waals surface area contributed by atoms with Crippen molar-refractivity contribution in [3.8, 4) is 0 Å². The maximum Gasteiger partial charge on any atom is 0.326 e. The van der Waals surface area contributed by atoms with Crippen molar-refractivity contribution < 1.29 is 14.7 Å². The molecule has 0 saturated carbocycles. The fourth-order valence-corrected chi connectivity index (χ4v) is 2.14. The van der Waals surface area contributed by atoms with E-state index in [1.54, 1.807) is 13.8 Å². The fraction of sp³-hybridized carbons (Fsp3) is 0.818. The number of rotatable bonds is 2. The molecule has 1 aliphatic heterocycles. The summed E-state index contributed by atoms with van der Waals surface area (Å²) in [5.74, 6) is -0.999. The highest BCUT2D eigenvalue weighted by atomic mass is 16.4. The molecule has 15 heavy (non-hydrogen) atoms. The van der Waals surface area contributed by atoms with E-state index in [-0.39, 0.29) is 17.7 Å². The first kappa shape index (κ1) is 12.0. The van der Waals surface area contributed by atoms with Gasteiger partial charge in [0.2, 0.25) is 5.91 Å². The van der Waals surface area contributed by atoms with Crippen LogP contribution in [0.3, 0.4) is 0 Å². The zero-order valence-corrected chi connectivity index (χ0v) is 9.56. The van der Waals surface area contributed by atoms with Crippen molar-refractivity contribution in [1.29, 1.82) is 0 Å². The summed E-state index contributed by atoms with van der Waals surface area (Å²) in [7, 11) is 0. The Hall–Kier alpha value is -1.06. The van der Waals surface area contributed by atoms with Crippen LogP contribution < -0.4 is 0 Å². The lowest BCUT2D eigenvalue weighted by molar-refractivity contribution is -0.156. The molecule has 2 atom stereocenters. The third kappa shape index (κ3) is 2.49. The van der Waals surface area contributed by atoms with Gasteiger partial charge in [-0.1, -0.05) is 20.8 Å².